The highest BCUT2D eigenvalue weighted by molar-refractivity contribution is 6.43. The van der Waals surface area contributed by atoms with Crippen LogP contribution in [0.3, 0.4) is 0 Å². The molecule has 1 heterocycles. The maximum atomic E-state index is 12.0. The van der Waals surface area contributed by atoms with Crippen LogP contribution in [-0.2, 0) is 9.47 Å². The number of halogens is 2. The Labute approximate surface area is 130 Å². The zero-order valence-corrected chi connectivity index (χ0v) is 12.3. The van der Waals surface area contributed by atoms with E-state index in [1.54, 1.807) is 0 Å². The fourth-order valence-electron chi connectivity index (χ4n) is 1.80. The van der Waals surface area contributed by atoms with E-state index >= 15 is 0 Å². The molecule has 21 heavy (non-hydrogen) atoms. The maximum Gasteiger partial charge on any atom is 0.290 e. The van der Waals surface area contributed by atoms with Crippen LogP contribution in [0.25, 0.3) is 0 Å². The van der Waals surface area contributed by atoms with E-state index in [0.717, 1.165) is 6.07 Å². The van der Waals surface area contributed by atoms with Crippen LogP contribution in [0.1, 0.15) is 10.4 Å². The summed E-state index contributed by atoms with van der Waals surface area (Å²) in [6.45, 7) is 1.64. The fourth-order valence-corrected chi connectivity index (χ4v) is 2.19. The highest BCUT2D eigenvalue weighted by Gasteiger charge is 2.21. The fraction of sp³-hybridized carbons (Fsp3) is 0.417. The molecule has 9 heteroatoms. The van der Waals surface area contributed by atoms with Gasteiger partial charge in [0.2, 0.25) is 0 Å². The van der Waals surface area contributed by atoms with E-state index in [4.69, 9.17) is 32.7 Å². The van der Waals surface area contributed by atoms with E-state index in [1.807, 2.05) is 0 Å². The van der Waals surface area contributed by atoms with Crippen molar-refractivity contribution in [2.75, 3.05) is 26.4 Å². The first-order valence-electron chi connectivity index (χ1n) is 6.10. The molecule has 1 saturated heterocycles. The number of rotatable bonds is 4. The van der Waals surface area contributed by atoms with Crippen molar-refractivity contribution < 1.29 is 19.2 Å². The van der Waals surface area contributed by atoms with Gasteiger partial charge in [-0.25, -0.2) is 0 Å². The molecule has 1 unspecified atom stereocenters. The van der Waals surface area contributed by atoms with Gasteiger partial charge in [-0.2, -0.15) is 0 Å². The van der Waals surface area contributed by atoms with Crippen LogP contribution in [0, 0.1) is 10.1 Å². The smallest absolute Gasteiger partial charge is 0.290 e. The monoisotopic (exact) mass is 334 g/mol. The highest BCUT2D eigenvalue weighted by atomic mass is 35.5. The van der Waals surface area contributed by atoms with Crippen LogP contribution < -0.4 is 5.32 Å². The zero-order chi connectivity index (χ0) is 15.4. The first-order valence-corrected chi connectivity index (χ1v) is 6.85. The first kappa shape index (κ1) is 16.0. The third kappa shape index (κ3) is 4.04. The van der Waals surface area contributed by atoms with Crippen molar-refractivity contribution in [2.24, 2.45) is 0 Å². The molecule has 1 fully saturated rings. The quantitative estimate of drug-likeness (QED) is 0.672. The van der Waals surface area contributed by atoms with E-state index in [1.165, 1.54) is 6.07 Å². The minimum Gasteiger partial charge on any atom is -0.376 e. The summed E-state index contributed by atoms with van der Waals surface area (Å²) >= 11 is 11.5. The van der Waals surface area contributed by atoms with Gasteiger partial charge in [-0.05, 0) is 6.07 Å². The molecule has 0 aromatic heterocycles. The van der Waals surface area contributed by atoms with Crippen LogP contribution in [0.4, 0.5) is 5.69 Å². The Balaban J connectivity index is 2.06. The minimum absolute atomic E-state index is 0.0479. The molecule has 1 N–H and O–H groups in total. The zero-order valence-electron chi connectivity index (χ0n) is 10.8. The molecule has 1 aliphatic rings. The molecule has 7 nitrogen and oxygen atoms in total. The number of carbonyl (C=O) groups excluding carboxylic acids is 1. The van der Waals surface area contributed by atoms with Gasteiger partial charge in [0.25, 0.3) is 11.6 Å². The average Bonchev–Trinajstić information content (AvgIpc) is 2.48. The first-order chi connectivity index (χ1) is 9.99. The van der Waals surface area contributed by atoms with Gasteiger partial charge in [-0.1, -0.05) is 23.2 Å². The lowest BCUT2D eigenvalue weighted by atomic mass is 10.2. The molecule has 0 bridgehead atoms. The molecule has 2 rings (SSSR count). The summed E-state index contributed by atoms with van der Waals surface area (Å²) in [5, 5.41) is 13.2. The SMILES string of the molecule is O=C(NCC1COCCO1)c1cc(Cl)c(Cl)c([N+](=O)[O-])c1. The Morgan fingerprint density at radius 2 is 2.19 bits per heavy atom. The molecular formula is C12H12Cl2N2O5. The van der Waals surface area contributed by atoms with Gasteiger partial charge in [0, 0.05) is 18.2 Å². The maximum absolute atomic E-state index is 12.0. The van der Waals surface area contributed by atoms with Gasteiger partial charge < -0.3 is 14.8 Å². The summed E-state index contributed by atoms with van der Waals surface area (Å²) in [7, 11) is 0. The molecular weight excluding hydrogens is 323 g/mol. The lowest BCUT2D eigenvalue weighted by Gasteiger charge is -2.23. The lowest BCUT2D eigenvalue weighted by Crippen LogP contribution is -2.39. The summed E-state index contributed by atoms with van der Waals surface area (Å²) in [5.74, 6) is -0.495. The molecule has 1 atom stereocenters. The molecule has 1 aromatic rings. The number of nitro groups is 1. The number of ether oxygens (including phenoxy) is 2. The molecule has 1 amide bonds. The van der Waals surface area contributed by atoms with Gasteiger partial charge >= 0.3 is 0 Å². The van der Waals surface area contributed by atoms with Gasteiger partial charge in [-0.15, -0.1) is 0 Å². The van der Waals surface area contributed by atoms with E-state index in [9.17, 15) is 14.9 Å². The predicted octanol–water partition coefficient (Wildman–Crippen LogP) is 2.05. The third-order valence-corrected chi connectivity index (χ3v) is 3.64. The Bertz CT molecular complexity index is 561. The van der Waals surface area contributed by atoms with Crippen LogP contribution in [-0.4, -0.2) is 43.3 Å². The van der Waals surface area contributed by atoms with Crippen molar-refractivity contribution >= 4 is 34.8 Å². The predicted molar refractivity (Wildman–Crippen MR) is 76.0 cm³/mol. The number of carbonyl (C=O) groups is 1. The Morgan fingerprint density at radius 1 is 1.43 bits per heavy atom. The van der Waals surface area contributed by atoms with Gasteiger partial charge in [-0.3, -0.25) is 14.9 Å². The van der Waals surface area contributed by atoms with E-state index < -0.39 is 16.5 Å². The number of benzene rings is 1. The van der Waals surface area contributed by atoms with Crippen LogP contribution in [0.2, 0.25) is 10.0 Å². The van der Waals surface area contributed by atoms with Crippen molar-refractivity contribution in [2.45, 2.75) is 6.10 Å². The van der Waals surface area contributed by atoms with Crippen molar-refractivity contribution in [1.29, 1.82) is 0 Å². The molecule has 0 saturated carbocycles. The number of hydrogen-bond donors (Lipinski definition) is 1. The second-order valence-corrected chi connectivity index (χ2v) is 5.11. The molecule has 0 aliphatic carbocycles. The molecule has 0 spiro atoms. The van der Waals surface area contributed by atoms with E-state index in [2.05, 4.69) is 5.32 Å². The number of hydrogen-bond acceptors (Lipinski definition) is 5. The molecule has 114 valence electrons. The highest BCUT2D eigenvalue weighted by Crippen LogP contribution is 2.32. The van der Waals surface area contributed by atoms with Crippen molar-refractivity contribution in [3.8, 4) is 0 Å². The van der Waals surface area contributed by atoms with E-state index in [0.29, 0.717) is 19.8 Å². The average molecular weight is 335 g/mol. The Kier molecular flexibility index (Phi) is 5.35. The second kappa shape index (κ2) is 7.04. The van der Waals surface area contributed by atoms with Crippen LogP contribution in [0.5, 0.6) is 0 Å². The Morgan fingerprint density at radius 3 is 2.81 bits per heavy atom. The summed E-state index contributed by atoms with van der Waals surface area (Å²) < 4.78 is 10.6. The standard InChI is InChI=1S/C12H12Cl2N2O5/c13-9-3-7(4-10(11(9)14)16(18)19)12(17)15-5-8-6-20-1-2-21-8/h3-4,8H,1-2,5-6H2,(H,15,17). The van der Waals surface area contributed by atoms with Crippen LogP contribution in [0.15, 0.2) is 12.1 Å². The van der Waals surface area contributed by atoms with Gasteiger partial charge in [0.15, 0.2) is 0 Å². The van der Waals surface area contributed by atoms with E-state index in [-0.39, 0.29) is 28.3 Å². The summed E-state index contributed by atoms with van der Waals surface area (Å²) in [6, 6.07) is 2.37. The van der Waals surface area contributed by atoms with Gasteiger partial charge in [0.1, 0.15) is 5.02 Å². The summed E-state index contributed by atoms with van der Waals surface area (Å²) in [6.07, 6.45) is -0.236. The molecule has 1 aliphatic heterocycles. The van der Waals surface area contributed by atoms with Gasteiger partial charge in [0.05, 0.1) is 35.9 Å². The largest absolute Gasteiger partial charge is 0.376 e. The Hall–Kier alpha value is -1.41. The molecule has 1 aromatic carbocycles. The van der Waals surface area contributed by atoms with Crippen molar-refractivity contribution in [3.63, 3.8) is 0 Å². The lowest BCUT2D eigenvalue weighted by molar-refractivity contribution is -0.384. The third-order valence-electron chi connectivity index (χ3n) is 2.84. The number of nitrogens with zero attached hydrogens (tertiary/aromatic N) is 1. The molecule has 0 radical (unpaired) electrons. The topological polar surface area (TPSA) is 90.7 Å². The minimum atomic E-state index is -0.691. The van der Waals surface area contributed by atoms with Crippen molar-refractivity contribution in [1.82, 2.24) is 5.32 Å². The summed E-state index contributed by atoms with van der Waals surface area (Å²) in [5.41, 5.74) is -0.348. The number of nitrogens with one attached hydrogen (secondary N) is 1. The second-order valence-electron chi connectivity index (χ2n) is 4.33. The normalized spacial score (nSPS) is 18.3. The van der Waals surface area contributed by atoms with Crippen molar-refractivity contribution in [3.05, 3.63) is 37.9 Å². The number of nitro benzene ring substituents is 1. The van der Waals surface area contributed by atoms with Crippen LogP contribution >= 0.6 is 23.2 Å². The number of amides is 1. The summed E-state index contributed by atoms with van der Waals surface area (Å²) in [4.78, 5) is 22.2.